The summed E-state index contributed by atoms with van der Waals surface area (Å²) in [6, 6.07) is 9.52. The second kappa shape index (κ2) is 4.65. The summed E-state index contributed by atoms with van der Waals surface area (Å²) in [5.41, 5.74) is 0. The summed E-state index contributed by atoms with van der Waals surface area (Å²) < 4.78 is 5.54. The van der Waals surface area contributed by atoms with Crippen molar-refractivity contribution in [2.75, 3.05) is 0 Å². The lowest BCUT2D eigenvalue weighted by molar-refractivity contribution is -0.112. The van der Waals surface area contributed by atoms with Crippen LogP contribution in [0, 0.1) is 5.92 Å². The van der Waals surface area contributed by atoms with E-state index in [-0.39, 0.29) is 12.0 Å². The summed E-state index contributed by atoms with van der Waals surface area (Å²) in [5, 5.41) is 0. The quantitative estimate of drug-likeness (QED) is 0.661. The van der Waals surface area contributed by atoms with Crippen LogP contribution in [0.4, 0.5) is 0 Å². The minimum absolute atomic E-state index is 0.0693. The zero-order chi connectivity index (χ0) is 9.68. The van der Waals surface area contributed by atoms with Crippen molar-refractivity contribution in [3.63, 3.8) is 0 Å². The number of ether oxygens (including phenoxy) is 1. The van der Waals surface area contributed by atoms with E-state index in [2.05, 4.69) is 0 Å². The predicted octanol–water partition coefficient (Wildman–Crippen LogP) is 2.29. The van der Waals surface area contributed by atoms with Crippen molar-refractivity contribution in [1.29, 1.82) is 0 Å². The fourth-order valence-corrected chi connectivity index (χ4v) is 0.932. The average Bonchev–Trinajstić information content (AvgIpc) is 2.18. The van der Waals surface area contributed by atoms with Crippen LogP contribution in [0.1, 0.15) is 13.8 Å². The molecule has 0 unspecified atom stereocenters. The molecule has 2 heteroatoms. The molecule has 0 fully saturated rings. The van der Waals surface area contributed by atoms with E-state index in [0.717, 1.165) is 12.0 Å². The van der Waals surface area contributed by atoms with E-state index >= 15 is 0 Å². The molecular formula is C11H14O2. The largest absolute Gasteiger partial charge is 0.490 e. The summed E-state index contributed by atoms with van der Waals surface area (Å²) in [5.74, 6) is 0.740. The Hall–Kier alpha value is -1.31. The van der Waals surface area contributed by atoms with Crippen molar-refractivity contribution in [3.05, 3.63) is 30.3 Å². The van der Waals surface area contributed by atoms with Gasteiger partial charge < -0.3 is 9.53 Å². The zero-order valence-corrected chi connectivity index (χ0v) is 7.94. The van der Waals surface area contributed by atoms with Crippen LogP contribution in [0.3, 0.4) is 0 Å². The fraction of sp³-hybridized carbons (Fsp3) is 0.364. The number of aldehydes is 1. The Morgan fingerprint density at radius 2 is 1.85 bits per heavy atom. The number of para-hydroxylation sites is 1. The van der Waals surface area contributed by atoms with Crippen molar-refractivity contribution in [2.45, 2.75) is 20.0 Å². The molecule has 1 aromatic carbocycles. The van der Waals surface area contributed by atoms with Gasteiger partial charge in [0.05, 0.1) is 0 Å². The first-order chi connectivity index (χ1) is 6.24. The van der Waals surface area contributed by atoms with E-state index in [1.165, 1.54) is 0 Å². The smallest absolute Gasteiger partial charge is 0.126 e. The average molecular weight is 178 g/mol. The molecule has 0 aliphatic carbocycles. The van der Waals surface area contributed by atoms with Crippen LogP contribution in [0.15, 0.2) is 30.3 Å². The molecule has 13 heavy (non-hydrogen) atoms. The number of carbonyl (C=O) groups excluding carboxylic acids is 1. The van der Waals surface area contributed by atoms with Gasteiger partial charge in [0.15, 0.2) is 0 Å². The Labute approximate surface area is 78.5 Å². The maximum atomic E-state index is 10.5. The Morgan fingerprint density at radius 1 is 1.23 bits per heavy atom. The number of carbonyl (C=O) groups is 1. The van der Waals surface area contributed by atoms with Gasteiger partial charge in [0.25, 0.3) is 0 Å². The molecular weight excluding hydrogens is 164 g/mol. The number of hydrogen-bond donors (Lipinski definition) is 0. The molecule has 0 radical (unpaired) electrons. The summed E-state index contributed by atoms with van der Waals surface area (Å²) >= 11 is 0. The van der Waals surface area contributed by atoms with Gasteiger partial charge in [0.2, 0.25) is 0 Å². The van der Waals surface area contributed by atoms with Gasteiger partial charge >= 0.3 is 0 Å². The van der Waals surface area contributed by atoms with Crippen LogP contribution in [0.25, 0.3) is 0 Å². The van der Waals surface area contributed by atoms with Crippen LogP contribution >= 0.6 is 0 Å². The highest BCUT2D eigenvalue weighted by Gasteiger charge is 2.11. The molecule has 0 heterocycles. The molecule has 0 saturated heterocycles. The summed E-state index contributed by atoms with van der Waals surface area (Å²) in [4.78, 5) is 10.5. The molecule has 0 bridgehead atoms. The highest BCUT2D eigenvalue weighted by atomic mass is 16.5. The molecule has 2 nitrogen and oxygen atoms in total. The Bertz CT molecular complexity index is 256. The Balaban J connectivity index is 2.54. The van der Waals surface area contributed by atoms with Crippen molar-refractivity contribution in [3.8, 4) is 5.75 Å². The molecule has 0 saturated carbocycles. The zero-order valence-electron chi connectivity index (χ0n) is 7.94. The monoisotopic (exact) mass is 178 g/mol. The molecule has 1 rings (SSSR count). The summed E-state index contributed by atoms with van der Waals surface area (Å²) in [6.45, 7) is 3.74. The lowest BCUT2D eigenvalue weighted by Gasteiger charge is -2.16. The first-order valence-electron chi connectivity index (χ1n) is 4.41. The first kappa shape index (κ1) is 9.78. The minimum Gasteiger partial charge on any atom is -0.490 e. The first-order valence-corrected chi connectivity index (χ1v) is 4.41. The van der Waals surface area contributed by atoms with Gasteiger partial charge in [-0.1, -0.05) is 25.1 Å². The molecule has 0 aromatic heterocycles. The minimum atomic E-state index is -0.0695. The molecule has 0 aliphatic heterocycles. The van der Waals surface area contributed by atoms with Crippen LogP contribution in [0.5, 0.6) is 5.75 Å². The number of rotatable bonds is 4. The third kappa shape index (κ3) is 2.90. The van der Waals surface area contributed by atoms with Crippen LogP contribution in [-0.2, 0) is 4.79 Å². The van der Waals surface area contributed by atoms with Gasteiger partial charge in [-0.05, 0) is 19.1 Å². The predicted molar refractivity (Wildman–Crippen MR) is 51.8 cm³/mol. The van der Waals surface area contributed by atoms with E-state index in [9.17, 15) is 4.79 Å². The van der Waals surface area contributed by atoms with Crippen molar-refractivity contribution < 1.29 is 9.53 Å². The Kier molecular flexibility index (Phi) is 3.50. The van der Waals surface area contributed by atoms with E-state index in [4.69, 9.17) is 4.74 Å². The van der Waals surface area contributed by atoms with E-state index in [1.807, 2.05) is 44.2 Å². The second-order valence-corrected chi connectivity index (χ2v) is 3.13. The summed E-state index contributed by atoms with van der Waals surface area (Å²) in [7, 11) is 0. The second-order valence-electron chi connectivity index (χ2n) is 3.13. The van der Waals surface area contributed by atoms with Gasteiger partial charge in [0, 0.05) is 5.92 Å². The highest BCUT2D eigenvalue weighted by molar-refractivity contribution is 5.53. The van der Waals surface area contributed by atoms with Crippen molar-refractivity contribution >= 4 is 6.29 Å². The molecule has 70 valence electrons. The maximum Gasteiger partial charge on any atom is 0.126 e. The van der Waals surface area contributed by atoms with E-state index < -0.39 is 0 Å². The molecule has 0 spiro atoms. The lowest BCUT2D eigenvalue weighted by Crippen LogP contribution is -2.22. The standard InChI is InChI=1S/C11H14O2/c1-9(8-12)10(2)13-11-6-4-3-5-7-11/h3-10H,1-2H3/t9-,10+/m1/s1. The lowest BCUT2D eigenvalue weighted by atomic mass is 10.1. The van der Waals surface area contributed by atoms with Crippen LogP contribution in [-0.4, -0.2) is 12.4 Å². The number of hydrogen-bond acceptors (Lipinski definition) is 2. The van der Waals surface area contributed by atoms with Crippen molar-refractivity contribution in [2.24, 2.45) is 5.92 Å². The fourth-order valence-electron chi connectivity index (χ4n) is 0.932. The van der Waals surface area contributed by atoms with Crippen LogP contribution < -0.4 is 4.74 Å². The molecule has 0 N–H and O–H groups in total. The van der Waals surface area contributed by atoms with E-state index in [1.54, 1.807) is 0 Å². The molecule has 2 atom stereocenters. The van der Waals surface area contributed by atoms with Crippen molar-refractivity contribution in [1.82, 2.24) is 0 Å². The van der Waals surface area contributed by atoms with Crippen LogP contribution in [0.2, 0.25) is 0 Å². The van der Waals surface area contributed by atoms with Gasteiger partial charge in [-0.25, -0.2) is 0 Å². The normalized spacial score (nSPS) is 14.6. The molecule has 0 aliphatic rings. The maximum absolute atomic E-state index is 10.5. The van der Waals surface area contributed by atoms with Gasteiger partial charge in [-0.15, -0.1) is 0 Å². The van der Waals surface area contributed by atoms with Gasteiger partial charge in [0.1, 0.15) is 18.1 Å². The van der Waals surface area contributed by atoms with Gasteiger partial charge in [-0.2, -0.15) is 0 Å². The third-order valence-corrected chi connectivity index (χ3v) is 2.02. The van der Waals surface area contributed by atoms with E-state index in [0.29, 0.717) is 0 Å². The molecule has 0 amide bonds. The third-order valence-electron chi connectivity index (χ3n) is 2.02. The summed E-state index contributed by atoms with van der Waals surface area (Å²) in [6.07, 6.45) is 0.841. The van der Waals surface area contributed by atoms with Gasteiger partial charge in [-0.3, -0.25) is 0 Å². The SMILES string of the molecule is C[C@H](C=O)[C@H](C)Oc1ccccc1. The Morgan fingerprint density at radius 3 is 2.38 bits per heavy atom. The number of benzene rings is 1. The topological polar surface area (TPSA) is 26.3 Å². The highest BCUT2D eigenvalue weighted by Crippen LogP contribution is 2.13. The molecule has 1 aromatic rings.